The lowest BCUT2D eigenvalue weighted by Gasteiger charge is -2.38. The summed E-state index contributed by atoms with van der Waals surface area (Å²) >= 11 is 0. The molecule has 0 spiro atoms. The Morgan fingerprint density at radius 2 is 1.38 bits per heavy atom. The Morgan fingerprint density at radius 1 is 0.821 bits per heavy atom. The van der Waals surface area contributed by atoms with Gasteiger partial charge in [-0.2, -0.15) is 0 Å². The molecule has 0 amide bonds. The molecule has 5 rings (SSSR count). The van der Waals surface area contributed by atoms with Crippen LogP contribution < -0.4 is 9.47 Å². The van der Waals surface area contributed by atoms with Crippen molar-refractivity contribution in [3.63, 3.8) is 0 Å². The van der Waals surface area contributed by atoms with E-state index in [1.807, 2.05) is 0 Å². The number of nitrogens with zero attached hydrogens (tertiary/aromatic N) is 2. The number of methoxy groups -OCH3 is 2. The maximum absolute atomic E-state index is 13.5. The van der Waals surface area contributed by atoms with Crippen LogP contribution in [0.1, 0.15) is 34.5 Å². The van der Waals surface area contributed by atoms with Crippen LogP contribution >= 0.6 is 0 Å². The first-order valence-electron chi connectivity index (χ1n) is 13.5. The average Bonchev–Trinajstić information content (AvgIpc) is 2.97. The number of hydrogen-bond donors (Lipinski definition) is 0. The minimum Gasteiger partial charge on any atom is -0.493 e. The molecule has 3 aromatic rings. The molecule has 0 saturated carbocycles. The first kappa shape index (κ1) is 27.5. The summed E-state index contributed by atoms with van der Waals surface area (Å²) in [4.78, 5) is 4.85. The van der Waals surface area contributed by atoms with Gasteiger partial charge in [0.15, 0.2) is 11.5 Å². The van der Waals surface area contributed by atoms with Crippen LogP contribution in [0.5, 0.6) is 11.5 Å². The third-order valence-electron chi connectivity index (χ3n) is 7.61. The lowest BCUT2D eigenvalue weighted by Crippen LogP contribution is -2.48. The van der Waals surface area contributed by atoms with Crippen molar-refractivity contribution in [2.24, 2.45) is 0 Å². The zero-order chi connectivity index (χ0) is 27.2. The van der Waals surface area contributed by atoms with Crippen molar-refractivity contribution >= 4 is 0 Å². The lowest BCUT2D eigenvalue weighted by atomic mass is 9.96. The molecular weight excluding hydrogens is 502 g/mol. The molecule has 8 heteroatoms. The fourth-order valence-corrected chi connectivity index (χ4v) is 5.39. The van der Waals surface area contributed by atoms with Gasteiger partial charge < -0.3 is 18.9 Å². The van der Waals surface area contributed by atoms with Crippen LogP contribution in [-0.4, -0.2) is 76.5 Å². The van der Waals surface area contributed by atoms with E-state index in [0.29, 0.717) is 13.2 Å². The quantitative estimate of drug-likeness (QED) is 0.361. The van der Waals surface area contributed by atoms with E-state index in [0.717, 1.165) is 68.3 Å². The maximum Gasteiger partial charge on any atom is 0.161 e. The number of hydrogen-bond acceptors (Lipinski definition) is 6. The molecule has 1 unspecified atom stereocenters. The van der Waals surface area contributed by atoms with Gasteiger partial charge in [-0.25, -0.2) is 8.78 Å². The molecule has 1 saturated heterocycles. The van der Waals surface area contributed by atoms with Crippen LogP contribution in [0.25, 0.3) is 0 Å². The van der Waals surface area contributed by atoms with Crippen molar-refractivity contribution in [1.29, 1.82) is 0 Å². The Balaban J connectivity index is 1.14. The monoisotopic (exact) mass is 538 g/mol. The van der Waals surface area contributed by atoms with Crippen molar-refractivity contribution in [1.82, 2.24) is 9.80 Å². The molecular formula is C31H36F2N2O4. The Labute approximate surface area is 229 Å². The minimum atomic E-state index is -0.383. The van der Waals surface area contributed by atoms with Crippen molar-refractivity contribution in [3.05, 3.63) is 94.6 Å². The minimum absolute atomic E-state index is 0.00983. The third kappa shape index (κ3) is 6.76. The molecule has 0 radical (unpaired) electrons. The summed E-state index contributed by atoms with van der Waals surface area (Å²) < 4.78 is 50.5. The van der Waals surface area contributed by atoms with Gasteiger partial charge in [-0.05, 0) is 65.1 Å². The Kier molecular flexibility index (Phi) is 9.09. The summed E-state index contributed by atoms with van der Waals surface area (Å²) in [5.74, 6) is 0.899. The topological polar surface area (TPSA) is 43.4 Å². The van der Waals surface area contributed by atoms with E-state index in [1.165, 1.54) is 35.4 Å². The second-order valence-corrected chi connectivity index (χ2v) is 10.0. The number of halogens is 2. The Hall–Kier alpha value is -3.04. The van der Waals surface area contributed by atoms with Crippen molar-refractivity contribution in [2.45, 2.75) is 18.6 Å². The molecule has 2 aliphatic heterocycles. The molecule has 0 N–H and O–H groups in total. The van der Waals surface area contributed by atoms with E-state index in [-0.39, 0.29) is 23.8 Å². The number of rotatable bonds is 10. The van der Waals surface area contributed by atoms with Crippen LogP contribution in [0.15, 0.2) is 60.7 Å². The van der Waals surface area contributed by atoms with Gasteiger partial charge in [0.2, 0.25) is 0 Å². The largest absolute Gasteiger partial charge is 0.493 e. The van der Waals surface area contributed by atoms with E-state index in [9.17, 15) is 8.78 Å². The number of benzene rings is 3. The normalized spacial score (nSPS) is 18.2. The van der Waals surface area contributed by atoms with E-state index >= 15 is 0 Å². The second kappa shape index (κ2) is 12.9. The number of fused-ring (bicyclic) bond motifs is 1. The fourth-order valence-electron chi connectivity index (χ4n) is 5.39. The summed E-state index contributed by atoms with van der Waals surface area (Å²) in [5, 5.41) is 0. The maximum atomic E-state index is 13.5. The van der Waals surface area contributed by atoms with Crippen LogP contribution in [0.3, 0.4) is 0 Å². The zero-order valence-electron chi connectivity index (χ0n) is 22.6. The average molecular weight is 539 g/mol. The van der Waals surface area contributed by atoms with E-state index in [2.05, 4.69) is 21.9 Å². The van der Waals surface area contributed by atoms with Crippen LogP contribution in [0.4, 0.5) is 8.78 Å². The highest BCUT2D eigenvalue weighted by Gasteiger charge is 2.27. The van der Waals surface area contributed by atoms with Crippen LogP contribution in [0, 0.1) is 11.6 Å². The smallest absolute Gasteiger partial charge is 0.161 e. The lowest BCUT2D eigenvalue weighted by molar-refractivity contribution is -0.000880. The van der Waals surface area contributed by atoms with Crippen molar-refractivity contribution < 1.29 is 27.7 Å². The van der Waals surface area contributed by atoms with Gasteiger partial charge in [-0.15, -0.1) is 0 Å². The Bertz CT molecular complexity index is 1170. The van der Waals surface area contributed by atoms with E-state index in [4.69, 9.17) is 18.9 Å². The van der Waals surface area contributed by atoms with Gasteiger partial charge in [-0.1, -0.05) is 24.3 Å². The summed E-state index contributed by atoms with van der Waals surface area (Å²) in [6.45, 7) is 6.60. The molecule has 39 heavy (non-hydrogen) atoms. The van der Waals surface area contributed by atoms with Gasteiger partial charge >= 0.3 is 0 Å². The second-order valence-electron chi connectivity index (χ2n) is 10.0. The number of piperazine rings is 1. The summed E-state index contributed by atoms with van der Waals surface area (Å²) in [6.07, 6.45) is 0.499. The highest BCUT2D eigenvalue weighted by molar-refractivity contribution is 5.49. The predicted molar refractivity (Wildman–Crippen MR) is 145 cm³/mol. The fraction of sp³-hybridized carbons (Fsp3) is 0.419. The van der Waals surface area contributed by atoms with Crippen LogP contribution in [-0.2, 0) is 15.9 Å². The Morgan fingerprint density at radius 3 is 1.97 bits per heavy atom. The third-order valence-corrected chi connectivity index (χ3v) is 7.61. The first-order valence-corrected chi connectivity index (χ1v) is 13.5. The molecule has 0 aromatic heterocycles. The summed E-state index contributed by atoms with van der Waals surface area (Å²) in [7, 11) is 3.32. The van der Waals surface area contributed by atoms with Gasteiger partial charge in [0.25, 0.3) is 0 Å². The van der Waals surface area contributed by atoms with Crippen molar-refractivity contribution in [3.8, 4) is 11.5 Å². The van der Waals surface area contributed by atoms with E-state index < -0.39 is 0 Å². The zero-order valence-corrected chi connectivity index (χ0v) is 22.6. The standard InChI is InChI=1S/C31H36F2N2O4/c1-36-28-19-24-11-17-38-30(27(24)20-29(28)37-2)21-35-14-12-34(13-15-35)16-18-39-31(22-3-7-25(32)8-4-22)23-5-9-26(33)10-6-23/h3-10,19-20,30-31H,11-18,21H2,1-2H3. The summed E-state index contributed by atoms with van der Waals surface area (Å²) in [5.41, 5.74) is 4.13. The summed E-state index contributed by atoms with van der Waals surface area (Å²) in [6, 6.07) is 16.7. The first-order chi connectivity index (χ1) is 19.0. The van der Waals surface area contributed by atoms with Gasteiger partial charge in [0.1, 0.15) is 17.7 Å². The van der Waals surface area contributed by atoms with Gasteiger partial charge in [0, 0.05) is 39.3 Å². The van der Waals surface area contributed by atoms with Gasteiger partial charge in [-0.3, -0.25) is 9.80 Å². The molecule has 0 bridgehead atoms. The van der Waals surface area contributed by atoms with E-state index in [1.54, 1.807) is 38.5 Å². The SMILES string of the molecule is COc1cc2c(cc1OC)C(CN1CCN(CCOC(c3ccc(F)cc3)c3ccc(F)cc3)CC1)OCC2. The molecule has 2 aliphatic rings. The molecule has 3 aromatic carbocycles. The highest BCUT2D eigenvalue weighted by atomic mass is 19.1. The molecule has 1 atom stereocenters. The number of ether oxygens (including phenoxy) is 4. The molecule has 0 aliphatic carbocycles. The predicted octanol–water partition coefficient (Wildman–Crippen LogP) is 5.02. The van der Waals surface area contributed by atoms with Gasteiger partial charge in [0.05, 0.1) is 33.5 Å². The molecule has 6 nitrogen and oxygen atoms in total. The van der Waals surface area contributed by atoms with Crippen LogP contribution in [0.2, 0.25) is 0 Å². The molecule has 1 fully saturated rings. The molecule has 2 heterocycles. The van der Waals surface area contributed by atoms with Crippen molar-refractivity contribution in [2.75, 3.05) is 66.7 Å². The highest BCUT2D eigenvalue weighted by Crippen LogP contribution is 2.37. The molecule has 208 valence electrons.